The molecule has 0 aliphatic heterocycles. The van der Waals surface area contributed by atoms with Crippen molar-refractivity contribution < 1.29 is 0 Å². The van der Waals surface area contributed by atoms with E-state index in [9.17, 15) is 0 Å². The van der Waals surface area contributed by atoms with E-state index >= 15 is 0 Å². The van der Waals surface area contributed by atoms with Crippen LogP contribution in [0.25, 0.3) is 66.1 Å². The van der Waals surface area contributed by atoms with E-state index in [2.05, 4.69) is 183 Å². The van der Waals surface area contributed by atoms with Crippen molar-refractivity contribution in [3.63, 3.8) is 0 Å². The Morgan fingerprint density at radius 3 is 1.23 bits per heavy atom. The SMILES string of the molecule is Cc1cc(C)cc(N(c2ccccc2)c2ccc3cc4c(cc3c2)-c2cc3cc(-c5ccccc5)c(-c5ccccc5)cc3cc2-4)c1. The Labute approximate surface area is 276 Å². The van der Waals surface area contributed by atoms with Crippen molar-refractivity contribution in [1.29, 1.82) is 0 Å². The van der Waals surface area contributed by atoms with Crippen molar-refractivity contribution >= 4 is 38.6 Å². The van der Waals surface area contributed by atoms with Gasteiger partial charge in [-0.1, -0.05) is 91.0 Å². The Balaban J connectivity index is 1.17. The lowest BCUT2D eigenvalue weighted by molar-refractivity contribution is 1.26. The molecule has 0 aromatic heterocycles. The van der Waals surface area contributed by atoms with Gasteiger partial charge in [0.15, 0.2) is 0 Å². The smallest absolute Gasteiger partial charge is 0.0468 e. The maximum atomic E-state index is 2.40. The van der Waals surface area contributed by atoms with Crippen LogP contribution in [0.15, 0.2) is 164 Å². The topological polar surface area (TPSA) is 3.24 Å². The molecule has 9 rings (SSSR count). The Morgan fingerprint density at radius 2 is 0.723 bits per heavy atom. The molecule has 1 nitrogen and oxygen atoms in total. The second-order valence-electron chi connectivity index (χ2n) is 12.8. The van der Waals surface area contributed by atoms with E-state index in [4.69, 9.17) is 0 Å². The third-order valence-corrected chi connectivity index (χ3v) is 9.56. The number of anilines is 3. The van der Waals surface area contributed by atoms with Crippen LogP contribution in [0.2, 0.25) is 0 Å². The summed E-state index contributed by atoms with van der Waals surface area (Å²) in [6, 6.07) is 60.2. The van der Waals surface area contributed by atoms with Gasteiger partial charge in [-0.15, -0.1) is 0 Å². The van der Waals surface area contributed by atoms with Crippen LogP contribution in [-0.2, 0) is 0 Å². The molecule has 0 bridgehead atoms. The van der Waals surface area contributed by atoms with Gasteiger partial charge in [0, 0.05) is 17.1 Å². The molecule has 8 aromatic rings. The number of hydrogen-bond acceptors (Lipinski definition) is 1. The number of nitrogens with zero attached hydrogens (tertiary/aromatic N) is 1. The van der Waals surface area contributed by atoms with E-state index in [-0.39, 0.29) is 0 Å². The van der Waals surface area contributed by atoms with E-state index in [0.717, 1.165) is 11.4 Å². The van der Waals surface area contributed by atoms with Crippen LogP contribution in [0.5, 0.6) is 0 Å². The Kier molecular flexibility index (Phi) is 6.33. The number of fused-ring (bicyclic) bond motifs is 6. The molecule has 0 saturated carbocycles. The molecule has 0 spiro atoms. The standard InChI is InChI=1S/C46H33N/c1-30-20-31(2)22-40(21-30)47(38-16-10-5-11-17-38)39-19-18-34-24-43-44(27-35(34)23-39)46-29-37-26-42(33-14-8-4-9-15-33)41(25-36(37)28-45(43)46)32-12-6-3-7-13-32/h3-29H,1-2H3. The minimum atomic E-state index is 1.15. The van der Waals surface area contributed by atoms with Gasteiger partial charge in [0.05, 0.1) is 0 Å². The molecule has 1 aliphatic rings. The molecular weight excluding hydrogens is 567 g/mol. The summed E-state index contributed by atoms with van der Waals surface area (Å²) in [7, 11) is 0. The van der Waals surface area contributed by atoms with Gasteiger partial charge in [-0.05, 0) is 164 Å². The van der Waals surface area contributed by atoms with E-state index < -0.39 is 0 Å². The van der Waals surface area contributed by atoms with Crippen molar-refractivity contribution in [3.8, 4) is 44.5 Å². The fraction of sp³-hybridized carbons (Fsp3) is 0.0435. The van der Waals surface area contributed by atoms with Gasteiger partial charge in [-0.3, -0.25) is 0 Å². The number of benzene rings is 8. The molecule has 0 radical (unpaired) electrons. The van der Waals surface area contributed by atoms with E-state index in [1.54, 1.807) is 0 Å². The van der Waals surface area contributed by atoms with Crippen molar-refractivity contribution in [3.05, 3.63) is 175 Å². The van der Waals surface area contributed by atoms with Crippen molar-refractivity contribution in [2.24, 2.45) is 0 Å². The van der Waals surface area contributed by atoms with Crippen molar-refractivity contribution in [2.75, 3.05) is 4.90 Å². The highest BCUT2D eigenvalue weighted by molar-refractivity contribution is 6.13. The van der Waals surface area contributed by atoms with E-state index in [1.807, 2.05) is 0 Å². The summed E-state index contributed by atoms with van der Waals surface area (Å²) in [6.07, 6.45) is 0. The van der Waals surface area contributed by atoms with Crippen LogP contribution in [-0.4, -0.2) is 0 Å². The second-order valence-corrected chi connectivity index (χ2v) is 12.8. The third kappa shape index (κ3) is 4.71. The Bertz CT molecular complexity index is 2440. The first-order valence-electron chi connectivity index (χ1n) is 16.3. The zero-order valence-corrected chi connectivity index (χ0v) is 26.5. The zero-order valence-electron chi connectivity index (χ0n) is 26.5. The van der Waals surface area contributed by atoms with Gasteiger partial charge >= 0.3 is 0 Å². The molecular formula is C46H33N. The fourth-order valence-corrected chi connectivity index (χ4v) is 7.42. The molecule has 1 aliphatic carbocycles. The van der Waals surface area contributed by atoms with Crippen molar-refractivity contribution in [1.82, 2.24) is 0 Å². The number of rotatable bonds is 5. The quantitative estimate of drug-likeness (QED) is 0.190. The van der Waals surface area contributed by atoms with Crippen LogP contribution in [0.3, 0.4) is 0 Å². The Morgan fingerprint density at radius 1 is 0.298 bits per heavy atom. The Hall–Kier alpha value is -5.92. The molecule has 47 heavy (non-hydrogen) atoms. The lowest BCUT2D eigenvalue weighted by Gasteiger charge is -2.28. The summed E-state index contributed by atoms with van der Waals surface area (Å²) in [5, 5.41) is 5.06. The van der Waals surface area contributed by atoms with Gasteiger partial charge in [0.2, 0.25) is 0 Å². The summed E-state index contributed by atoms with van der Waals surface area (Å²) in [6.45, 7) is 4.35. The number of hydrogen-bond donors (Lipinski definition) is 0. The van der Waals surface area contributed by atoms with Crippen LogP contribution in [0.4, 0.5) is 17.1 Å². The summed E-state index contributed by atoms with van der Waals surface area (Å²) in [5.41, 5.74) is 16.4. The molecule has 0 amide bonds. The zero-order chi connectivity index (χ0) is 31.5. The van der Waals surface area contributed by atoms with Gasteiger partial charge in [0.1, 0.15) is 0 Å². The highest BCUT2D eigenvalue weighted by Crippen LogP contribution is 2.51. The number of para-hydroxylation sites is 1. The third-order valence-electron chi connectivity index (χ3n) is 9.56. The molecule has 0 N–H and O–H groups in total. The minimum Gasteiger partial charge on any atom is -0.310 e. The van der Waals surface area contributed by atoms with Gasteiger partial charge < -0.3 is 4.90 Å². The summed E-state index contributed by atoms with van der Waals surface area (Å²) in [4.78, 5) is 2.37. The summed E-state index contributed by atoms with van der Waals surface area (Å²) in [5.74, 6) is 0. The summed E-state index contributed by atoms with van der Waals surface area (Å²) >= 11 is 0. The summed E-state index contributed by atoms with van der Waals surface area (Å²) < 4.78 is 0. The van der Waals surface area contributed by atoms with Gasteiger partial charge in [0.25, 0.3) is 0 Å². The van der Waals surface area contributed by atoms with Crippen LogP contribution in [0.1, 0.15) is 11.1 Å². The molecule has 0 heterocycles. The predicted octanol–water partition coefficient (Wildman–Crippen LogP) is 13.1. The molecule has 1 heteroatoms. The predicted molar refractivity (Wildman–Crippen MR) is 201 cm³/mol. The van der Waals surface area contributed by atoms with Gasteiger partial charge in [-0.25, -0.2) is 0 Å². The number of aryl methyl sites for hydroxylation is 2. The first kappa shape index (κ1) is 27.4. The second kappa shape index (κ2) is 10.9. The van der Waals surface area contributed by atoms with Crippen LogP contribution in [0, 0.1) is 13.8 Å². The molecule has 222 valence electrons. The molecule has 0 atom stereocenters. The van der Waals surface area contributed by atoms with Gasteiger partial charge in [-0.2, -0.15) is 0 Å². The lowest BCUT2D eigenvalue weighted by Crippen LogP contribution is -2.10. The minimum absolute atomic E-state index is 1.15. The molecule has 0 unspecified atom stereocenters. The maximum Gasteiger partial charge on any atom is 0.0468 e. The normalized spacial score (nSPS) is 11.6. The largest absolute Gasteiger partial charge is 0.310 e. The first-order valence-corrected chi connectivity index (χ1v) is 16.3. The monoisotopic (exact) mass is 599 g/mol. The van der Waals surface area contributed by atoms with Crippen LogP contribution >= 0.6 is 0 Å². The molecule has 0 fully saturated rings. The molecule has 0 saturated heterocycles. The fourth-order valence-electron chi connectivity index (χ4n) is 7.42. The average molecular weight is 600 g/mol. The van der Waals surface area contributed by atoms with Crippen molar-refractivity contribution in [2.45, 2.75) is 13.8 Å². The maximum absolute atomic E-state index is 2.40. The first-order chi connectivity index (χ1) is 23.1. The van der Waals surface area contributed by atoms with Crippen LogP contribution < -0.4 is 4.90 Å². The van der Waals surface area contributed by atoms with E-state index in [0.29, 0.717) is 0 Å². The lowest BCUT2D eigenvalue weighted by atomic mass is 9.77. The highest BCUT2D eigenvalue weighted by Gasteiger charge is 2.25. The highest BCUT2D eigenvalue weighted by atomic mass is 15.1. The average Bonchev–Trinajstić information content (AvgIpc) is 3.10. The molecule has 8 aromatic carbocycles. The van der Waals surface area contributed by atoms with E-state index in [1.165, 1.54) is 82.9 Å².